The van der Waals surface area contributed by atoms with Crippen LogP contribution in [-0.2, 0) is 16.1 Å². The minimum absolute atomic E-state index is 0.0324. The van der Waals surface area contributed by atoms with Gasteiger partial charge in [-0.05, 0) is 31.5 Å². The average Bonchev–Trinajstić information content (AvgIpc) is 3.49. The Labute approximate surface area is 238 Å². The number of aryl methyl sites for hydroxylation is 1. The molecule has 0 spiro atoms. The molecule has 1 atom stereocenters. The Hall–Kier alpha value is -4.03. The van der Waals surface area contributed by atoms with Gasteiger partial charge in [0.25, 0.3) is 0 Å². The summed E-state index contributed by atoms with van der Waals surface area (Å²) in [5.41, 5.74) is 1.85. The molecule has 2 aromatic heterocycles. The van der Waals surface area contributed by atoms with E-state index in [1.807, 2.05) is 37.3 Å². The third-order valence-corrected chi connectivity index (χ3v) is 7.73. The number of methoxy groups -OCH3 is 1. The molecule has 1 amide bonds. The van der Waals surface area contributed by atoms with Crippen molar-refractivity contribution >= 4 is 40.0 Å². The second-order valence-corrected chi connectivity index (χ2v) is 10.7. The third kappa shape index (κ3) is 6.40. The number of nitrogens with zero attached hydrogens (tertiary/aromatic N) is 3. The van der Waals surface area contributed by atoms with E-state index in [0.717, 1.165) is 34.3 Å². The number of allylic oxidation sites excluding steroid dienone is 1. The van der Waals surface area contributed by atoms with Gasteiger partial charge in [-0.3, -0.25) is 9.36 Å². The summed E-state index contributed by atoms with van der Waals surface area (Å²) >= 11 is 2.42. The lowest BCUT2D eigenvalue weighted by molar-refractivity contribution is -0.113. The zero-order chi connectivity index (χ0) is 28.8. The Kier molecular flexibility index (Phi) is 9.33. The second kappa shape index (κ2) is 12.9. The molecule has 0 radical (unpaired) electrons. The lowest BCUT2D eigenvalue weighted by atomic mass is 10.0. The minimum Gasteiger partial charge on any atom is -0.480 e. The number of esters is 1. The fraction of sp³-hybridized carbons (Fsp3) is 0.214. The molecule has 0 aliphatic carbocycles. The number of benzene rings is 2. The van der Waals surface area contributed by atoms with Gasteiger partial charge in [0.05, 0.1) is 12.9 Å². The first kappa shape index (κ1) is 29.0. The van der Waals surface area contributed by atoms with Crippen LogP contribution in [-0.4, -0.2) is 39.5 Å². The van der Waals surface area contributed by atoms with Gasteiger partial charge in [-0.2, -0.15) is 0 Å². The van der Waals surface area contributed by atoms with Gasteiger partial charge in [-0.25, -0.2) is 13.6 Å². The summed E-state index contributed by atoms with van der Waals surface area (Å²) in [5, 5.41) is 12.0. The number of carbonyl (C=O) groups is 2. The number of amides is 1. The Morgan fingerprint density at radius 2 is 1.95 bits per heavy atom. The molecule has 0 saturated carbocycles. The quantitative estimate of drug-likeness (QED) is 0.123. The highest BCUT2D eigenvalue weighted by atomic mass is 32.2. The molecule has 2 heterocycles. The highest BCUT2D eigenvalue weighted by molar-refractivity contribution is 7.99. The smallest absolute Gasteiger partial charge is 0.341 e. The summed E-state index contributed by atoms with van der Waals surface area (Å²) in [5.74, 6) is -2.24. The molecule has 0 bridgehead atoms. The number of hydrogen-bond donors (Lipinski definition) is 1. The van der Waals surface area contributed by atoms with E-state index in [-0.39, 0.29) is 17.4 Å². The van der Waals surface area contributed by atoms with Crippen molar-refractivity contribution in [3.05, 3.63) is 89.1 Å². The molecule has 0 aliphatic heterocycles. The SMILES string of the molecule is C=CCn1c(SCC(=O)Nc2sc(C)c(-c3ccccc3)c2C(=O)OC)nnc1C(C)Oc1ccc(F)cc1F. The van der Waals surface area contributed by atoms with Gasteiger partial charge in [0.15, 0.2) is 28.7 Å². The Bertz CT molecular complexity index is 1540. The molecule has 40 heavy (non-hydrogen) atoms. The number of carbonyl (C=O) groups excluding carboxylic acids is 2. The number of anilines is 1. The zero-order valence-electron chi connectivity index (χ0n) is 21.9. The van der Waals surface area contributed by atoms with Gasteiger partial charge in [0.1, 0.15) is 16.4 Å². The Morgan fingerprint density at radius 3 is 2.62 bits per heavy atom. The first-order valence-corrected chi connectivity index (χ1v) is 13.9. The maximum atomic E-state index is 14.1. The van der Waals surface area contributed by atoms with Crippen molar-refractivity contribution in [2.24, 2.45) is 0 Å². The molecule has 1 unspecified atom stereocenters. The molecular formula is C28H26F2N4O4S2. The van der Waals surface area contributed by atoms with E-state index in [2.05, 4.69) is 22.1 Å². The van der Waals surface area contributed by atoms with E-state index in [0.29, 0.717) is 33.7 Å². The molecule has 2 aromatic carbocycles. The van der Waals surface area contributed by atoms with E-state index < -0.39 is 23.7 Å². The number of thioether (sulfide) groups is 1. The van der Waals surface area contributed by atoms with Crippen LogP contribution in [0, 0.1) is 18.6 Å². The van der Waals surface area contributed by atoms with Crippen LogP contribution in [0.2, 0.25) is 0 Å². The van der Waals surface area contributed by atoms with Crippen molar-refractivity contribution in [3.8, 4) is 16.9 Å². The molecule has 0 fully saturated rings. The van der Waals surface area contributed by atoms with E-state index >= 15 is 0 Å². The minimum atomic E-state index is -0.835. The number of thiophene rings is 1. The van der Waals surface area contributed by atoms with Crippen LogP contribution in [0.5, 0.6) is 5.75 Å². The van der Waals surface area contributed by atoms with Crippen molar-refractivity contribution in [1.82, 2.24) is 14.8 Å². The van der Waals surface area contributed by atoms with Gasteiger partial charge in [-0.1, -0.05) is 48.2 Å². The molecule has 1 N–H and O–H groups in total. The van der Waals surface area contributed by atoms with E-state index in [4.69, 9.17) is 9.47 Å². The highest BCUT2D eigenvalue weighted by Gasteiger charge is 2.26. The van der Waals surface area contributed by atoms with Crippen LogP contribution in [0.3, 0.4) is 0 Å². The van der Waals surface area contributed by atoms with Gasteiger partial charge < -0.3 is 14.8 Å². The highest BCUT2D eigenvalue weighted by Crippen LogP contribution is 2.40. The van der Waals surface area contributed by atoms with Crippen LogP contribution >= 0.6 is 23.1 Å². The van der Waals surface area contributed by atoms with Crippen molar-refractivity contribution < 1.29 is 27.8 Å². The number of rotatable bonds is 11. The molecular weight excluding hydrogens is 558 g/mol. The van der Waals surface area contributed by atoms with Crippen LogP contribution in [0.1, 0.15) is 34.1 Å². The number of hydrogen-bond acceptors (Lipinski definition) is 8. The topological polar surface area (TPSA) is 95.3 Å². The molecule has 12 heteroatoms. The number of halogens is 2. The van der Waals surface area contributed by atoms with E-state index in [9.17, 15) is 18.4 Å². The largest absolute Gasteiger partial charge is 0.480 e. The fourth-order valence-corrected chi connectivity index (χ4v) is 5.83. The number of aromatic nitrogens is 3. The van der Waals surface area contributed by atoms with Crippen molar-refractivity contribution in [2.45, 2.75) is 31.7 Å². The van der Waals surface area contributed by atoms with E-state index in [1.54, 1.807) is 17.6 Å². The van der Waals surface area contributed by atoms with Crippen LogP contribution in [0.4, 0.5) is 13.8 Å². The number of nitrogens with one attached hydrogen (secondary N) is 1. The lowest BCUT2D eigenvalue weighted by Crippen LogP contribution is -2.17. The molecule has 0 saturated heterocycles. The monoisotopic (exact) mass is 584 g/mol. The van der Waals surface area contributed by atoms with Gasteiger partial charge in [0.2, 0.25) is 5.91 Å². The Morgan fingerprint density at radius 1 is 1.20 bits per heavy atom. The van der Waals surface area contributed by atoms with E-state index in [1.165, 1.54) is 24.5 Å². The summed E-state index contributed by atoms with van der Waals surface area (Å²) in [7, 11) is 1.30. The molecule has 208 valence electrons. The maximum absolute atomic E-state index is 14.1. The maximum Gasteiger partial charge on any atom is 0.341 e. The summed E-state index contributed by atoms with van der Waals surface area (Å²) < 4.78 is 39.7. The number of ether oxygens (including phenoxy) is 2. The first-order chi connectivity index (χ1) is 19.2. The fourth-order valence-electron chi connectivity index (χ4n) is 4.00. The van der Waals surface area contributed by atoms with Crippen molar-refractivity contribution in [1.29, 1.82) is 0 Å². The summed E-state index contributed by atoms with van der Waals surface area (Å²) in [6.07, 6.45) is 0.897. The van der Waals surface area contributed by atoms with Crippen LogP contribution < -0.4 is 10.1 Å². The zero-order valence-corrected chi connectivity index (χ0v) is 23.6. The predicted molar refractivity (Wildman–Crippen MR) is 151 cm³/mol. The van der Waals surface area contributed by atoms with Gasteiger partial charge in [0, 0.05) is 23.1 Å². The molecule has 4 rings (SSSR count). The lowest BCUT2D eigenvalue weighted by Gasteiger charge is -2.16. The normalized spacial score (nSPS) is 11.6. The third-order valence-electron chi connectivity index (χ3n) is 5.74. The van der Waals surface area contributed by atoms with Crippen LogP contribution in [0.25, 0.3) is 11.1 Å². The standard InChI is InChI=1S/C28H26F2N4O4S2/c1-5-13-34-25(16(2)38-21-12-11-19(29)14-20(21)30)32-33-28(34)39-15-22(35)31-26-24(27(36)37-4)23(17(3)40-26)18-9-7-6-8-10-18/h5-12,14,16H,1,13,15H2,2-4H3,(H,31,35). The first-order valence-electron chi connectivity index (χ1n) is 12.1. The molecule has 4 aromatic rings. The summed E-state index contributed by atoms with van der Waals surface area (Å²) in [6.45, 7) is 7.60. The van der Waals surface area contributed by atoms with Crippen molar-refractivity contribution in [2.75, 3.05) is 18.2 Å². The summed E-state index contributed by atoms with van der Waals surface area (Å²) in [6, 6.07) is 12.4. The summed E-state index contributed by atoms with van der Waals surface area (Å²) in [4.78, 5) is 26.5. The predicted octanol–water partition coefficient (Wildman–Crippen LogP) is 6.44. The van der Waals surface area contributed by atoms with Gasteiger partial charge in [-0.15, -0.1) is 28.1 Å². The second-order valence-electron chi connectivity index (χ2n) is 8.51. The van der Waals surface area contributed by atoms with Crippen molar-refractivity contribution in [3.63, 3.8) is 0 Å². The Balaban J connectivity index is 1.50. The van der Waals surface area contributed by atoms with Gasteiger partial charge >= 0.3 is 5.97 Å². The average molecular weight is 585 g/mol. The van der Waals surface area contributed by atoms with Crippen LogP contribution in [0.15, 0.2) is 66.3 Å². The molecule has 0 aliphatic rings. The molecule has 8 nitrogen and oxygen atoms in total.